The van der Waals surface area contributed by atoms with Gasteiger partial charge in [0.05, 0.1) is 29.6 Å². The molecule has 4 fully saturated rings. The Morgan fingerprint density at radius 2 is 1.61 bits per heavy atom. The molecule has 5 aliphatic heterocycles. The van der Waals surface area contributed by atoms with Crippen LogP contribution in [0.25, 0.3) is 0 Å². The molecule has 3 aromatic rings. The van der Waals surface area contributed by atoms with Gasteiger partial charge in [0.2, 0.25) is 17.8 Å². The van der Waals surface area contributed by atoms with Crippen LogP contribution >= 0.6 is 11.8 Å². The summed E-state index contributed by atoms with van der Waals surface area (Å²) in [5, 5.41) is 6.18. The quantitative estimate of drug-likeness (QED) is 0.103. The number of fused-ring (bicyclic) bond motifs is 2. The molecule has 6 aliphatic rings. The summed E-state index contributed by atoms with van der Waals surface area (Å²) in [6.07, 6.45) is 21.9. The second-order valence-electron chi connectivity index (χ2n) is 18.6. The van der Waals surface area contributed by atoms with E-state index >= 15 is 0 Å². The van der Waals surface area contributed by atoms with Crippen LogP contribution in [0.3, 0.4) is 0 Å². The second kappa shape index (κ2) is 19.0. The summed E-state index contributed by atoms with van der Waals surface area (Å²) >= 11 is 1.89. The monoisotopic (exact) mass is 849 g/mol. The molecule has 2 N–H and O–H groups in total. The third-order valence-electron chi connectivity index (χ3n) is 14.2. The molecule has 0 bridgehead atoms. The standard InChI is InChI=1S/C47H63N9O4S/c1-47(19-9-20-47)53-43-41-38(18-27-61-41)50-46(52-43)55-24-16-33(17-25-55)42-48-29-36(30-49-42)60-26-8-6-4-2-3-5-7-21-54-22-14-32(15-23-54)34-10-11-37-35(28-34)31-56(45(37)59)39-12-13-40(57)51-44(39)58/h10-11,28-30,32-33,39H,2-9,12-27,31H2,1H3,(H,50,52,53)(H,51,57,58). The van der Waals surface area contributed by atoms with Crippen LogP contribution in [0.1, 0.15) is 154 Å². The van der Waals surface area contributed by atoms with Crippen molar-refractivity contribution in [2.24, 2.45) is 0 Å². The molecular weight excluding hydrogens is 787 g/mol. The molecule has 0 spiro atoms. The van der Waals surface area contributed by atoms with Crippen LogP contribution in [0, 0.1) is 0 Å². The fourth-order valence-electron chi connectivity index (χ4n) is 10.2. The number of amides is 3. The topological polar surface area (TPSA) is 146 Å². The van der Waals surface area contributed by atoms with E-state index in [1.807, 2.05) is 30.2 Å². The van der Waals surface area contributed by atoms with Gasteiger partial charge in [0.25, 0.3) is 5.91 Å². The number of carbonyl (C=O) groups excluding carboxylic acids is 3. The molecule has 1 saturated carbocycles. The fourth-order valence-corrected chi connectivity index (χ4v) is 11.2. The molecule has 1 atom stereocenters. The van der Waals surface area contributed by atoms with Gasteiger partial charge in [-0.2, -0.15) is 4.98 Å². The lowest BCUT2D eigenvalue weighted by Crippen LogP contribution is -2.52. The Bertz CT molecular complexity index is 2050. The lowest BCUT2D eigenvalue weighted by Gasteiger charge is -2.40. The number of unbranched alkanes of at least 4 members (excludes halogenated alkanes) is 6. The summed E-state index contributed by atoms with van der Waals surface area (Å²) in [6.45, 7) is 8.68. The molecule has 0 radical (unpaired) electrons. The summed E-state index contributed by atoms with van der Waals surface area (Å²) < 4.78 is 6.02. The molecule has 14 heteroatoms. The summed E-state index contributed by atoms with van der Waals surface area (Å²) in [5.41, 5.74) is 4.38. The van der Waals surface area contributed by atoms with E-state index in [1.54, 1.807) is 4.90 Å². The average molecular weight is 850 g/mol. The van der Waals surface area contributed by atoms with Crippen LogP contribution in [0.2, 0.25) is 0 Å². The van der Waals surface area contributed by atoms with E-state index in [-0.39, 0.29) is 29.7 Å². The molecule has 3 saturated heterocycles. The van der Waals surface area contributed by atoms with E-state index in [4.69, 9.17) is 24.7 Å². The minimum Gasteiger partial charge on any atom is -0.490 e. The summed E-state index contributed by atoms with van der Waals surface area (Å²) in [7, 11) is 0. The zero-order valence-electron chi connectivity index (χ0n) is 36.0. The molecule has 3 amide bonds. The Morgan fingerprint density at radius 3 is 2.34 bits per heavy atom. The number of aromatic nitrogens is 4. The summed E-state index contributed by atoms with van der Waals surface area (Å²) in [5.74, 6) is 4.81. The number of imide groups is 1. The normalized spacial score (nSPS) is 21.9. The van der Waals surface area contributed by atoms with Gasteiger partial charge in [-0.25, -0.2) is 15.0 Å². The highest BCUT2D eigenvalue weighted by molar-refractivity contribution is 7.99. The fraction of sp³-hybridized carbons (Fsp3) is 0.638. The van der Waals surface area contributed by atoms with E-state index in [0.717, 1.165) is 99.4 Å². The van der Waals surface area contributed by atoms with Crippen molar-refractivity contribution in [3.63, 3.8) is 0 Å². The van der Waals surface area contributed by atoms with Crippen LogP contribution in [0.4, 0.5) is 11.8 Å². The maximum atomic E-state index is 13.1. The highest BCUT2D eigenvalue weighted by Crippen LogP contribution is 2.42. The first-order chi connectivity index (χ1) is 29.8. The molecule has 1 aromatic carbocycles. The van der Waals surface area contributed by atoms with Crippen LogP contribution in [0.5, 0.6) is 5.75 Å². The van der Waals surface area contributed by atoms with Gasteiger partial charge in [-0.3, -0.25) is 19.7 Å². The number of nitrogens with one attached hydrogen (secondary N) is 2. The van der Waals surface area contributed by atoms with Crippen molar-refractivity contribution in [3.8, 4) is 5.75 Å². The van der Waals surface area contributed by atoms with E-state index in [0.29, 0.717) is 37.0 Å². The minimum absolute atomic E-state index is 0.100. The molecule has 9 rings (SSSR count). The molecule has 7 heterocycles. The van der Waals surface area contributed by atoms with Crippen LogP contribution in [-0.2, 0) is 22.6 Å². The van der Waals surface area contributed by atoms with E-state index in [2.05, 4.69) is 39.5 Å². The number of piperidine rings is 3. The third kappa shape index (κ3) is 9.85. The Hall–Kier alpha value is -4.30. The Labute approximate surface area is 365 Å². The zero-order valence-corrected chi connectivity index (χ0v) is 36.8. The first-order valence-corrected chi connectivity index (χ1v) is 24.3. The van der Waals surface area contributed by atoms with Gasteiger partial charge in [0, 0.05) is 55.2 Å². The third-order valence-corrected chi connectivity index (χ3v) is 15.3. The number of benzene rings is 1. The second-order valence-corrected chi connectivity index (χ2v) is 19.7. The van der Waals surface area contributed by atoms with Crippen molar-refractivity contribution >= 4 is 41.2 Å². The van der Waals surface area contributed by atoms with Crippen molar-refractivity contribution in [1.29, 1.82) is 0 Å². The number of hydrogen-bond acceptors (Lipinski definition) is 12. The number of nitrogens with zero attached hydrogens (tertiary/aromatic N) is 7. The lowest BCUT2D eigenvalue weighted by molar-refractivity contribution is -0.136. The largest absolute Gasteiger partial charge is 0.490 e. The van der Waals surface area contributed by atoms with Crippen molar-refractivity contribution in [3.05, 3.63) is 58.8 Å². The van der Waals surface area contributed by atoms with E-state index < -0.39 is 6.04 Å². The predicted octanol–water partition coefficient (Wildman–Crippen LogP) is 7.40. The van der Waals surface area contributed by atoms with Crippen LogP contribution in [0.15, 0.2) is 35.5 Å². The Morgan fingerprint density at radius 1 is 0.869 bits per heavy atom. The van der Waals surface area contributed by atoms with Gasteiger partial charge in [-0.05, 0) is 114 Å². The number of thioether (sulfide) groups is 1. The highest BCUT2D eigenvalue weighted by Gasteiger charge is 2.40. The van der Waals surface area contributed by atoms with Crippen molar-refractivity contribution in [1.82, 2.24) is 35.1 Å². The van der Waals surface area contributed by atoms with Gasteiger partial charge in [-0.1, -0.05) is 44.2 Å². The van der Waals surface area contributed by atoms with Gasteiger partial charge in [0.1, 0.15) is 17.7 Å². The first kappa shape index (κ1) is 42.0. The van der Waals surface area contributed by atoms with E-state index in [9.17, 15) is 14.4 Å². The SMILES string of the molecule is CC1(Nc2nc(N3CCC(c4ncc(OCCCCCCCCCN5CCC(c6ccc7c(c6)CN(C6CCC(=O)NC6=O)C7=O)CC5)cn4)CC3)nc3c2SCC3)CCC1. The molecular formula is C47H63N9O4S. The zero-order chi connectivity index (χ0) is 41.8. The maximum absolute atomic E-state index is 13.1. The summed E-state index contributed by atoms with van der Waals surface area (Å²) in [6, 6.07) is 5.69. The predicted molar refractivity (Wildman–Crippen MR) is 237 cm³/mol. The average Bonchev–Trinajstić information content (AvgIpc) is 3.88. The number of carbonyl (C=O) groups is 3. The molecule has 1 unspecified atom stereocenters. The van der Waals surface area contributed by atoms with Crippen LogP contribution in [-0.4, -0.2) is 104 Å². The first-order valence-electron chi connectivity index (χ1n) is 23.3. The van der Waals surface area contributed by atoms with Crippen LogP contribution < -0.4 is 20.3 Å². The maximum Gasteiger partial charge on any atom is 0.255 e. The van der Waals surface area contributed by atoms with Gasteiger partial charge in [-0.15, -0.1) is 11.8 Å². The lowest BCUT2D eigenvalue weighted by atomic mass is 9.78. The number of ether oxygens (including phenoxy) is 1. The number of rotatable bonds is 17. The van der Waals surface area contributed by atoms with Crippen molar-refractivity contribution in [2.45, 2.75) is 151 Å². The van der Waals surface area contributed by atoms with Gasteiger partial charge in [0.15, 0.2) is 5.75 Å². The molecule has 1 aliphatic carbocycles. The number of likely N-dealkylation sites (tertiary alicyclic amines) is 1. The molecule has 326 valence electrons. The molecule has 2 aromatic heterocycles. The number of hydrogen-bond donors (Lipinski definition) is 2. The molecule has 61 heavy (non-hydrogen) atoms. The number of anilines is 2. The van der Waals surface area contributed by atoms with Gasteiger partial charge >= 0.3 is 0 Å². The summed E-state index contributed by atoms with van der Waals surface area (Å²) in [4.78, 5) is 64.5. The highest BCUT2D eigenvalue weighted by atomic mass is 32.2. The van der Waals surface area contributed by atoms with Crippen molar-refractivity contribution < 1.29 is 19.1 Å². The minimum atomic E-state index is -0.565. The van der Waals surface area contributed by atoms with Gasteiger partial charge < -0.3 is 24.8 Å². The van der Waals surface area contributed by atoms with E-state index in [1.165, 1.54) is 80.5 Å². The van der Waals surface area contributed by atoms with Crippen molar-refractivity contribution in [2.75, 3.05) is 55.3 Å². The Balaban J connectivity index is 0.611. The smallest absolute Gasteiger partial charge is 0.255 e. The molecule has 13 nitrogen and oxygen atoms in total. The number of aryl methyl sites for hydroxylation is 1. The Kier molecular flexibility index (Phi) is 13.1.